The molecule has 0 atom stereocenters. The van der Waals surface area contributed by atoms with E-state index in [0.717, 1.165) is 16.9 Å². The molecule has 6 heteroatoms. The van der Waals surface area contributed by atoms with E-state index in [9.17, 15) is 4.79 Å². The monoisotopic (exact) mass is 309 g/mol. The lowest BCUT2D eigenvalue weighted by Crippen LogP contribution is -2.34. The van der Waals surface area contributed by atoms with Crippen molar-refractivity contribution in [2.45, 2.75) is 13.1 Å². The first-order valence-corrected chi connectivity index (χ1v) is 7.14. The zero-order valence-corrected chi connectivity index (χ0v) is 12.3. The Morgan fingerprint density at radius 1 is 1.00 bits per heavy atom. The molecule has 0 aliphatic carbocycles. The molecular weight excluding hydrogens is 294 g/mol. The minimum atomic E-state index is -0.257. The van der Waals surface area contributed by atoms with Gasteiger partial charge in [-0.2, -0.15) is 5.26 Å². The maximum absolute atomic E-state index is 11.8. The lowest BCUT2D eigenvalue weighted by molar-refractivity contribution is 0.174. The fourth-order valence-corrected chi connectivity index (χ4v) is 2.18. The number of amides is 2. The van der Waals surface area contributed by atoms with Gasteiger partial charge in [0.15, 0.2) is 11.5 Å². The van der Waals surface area contributed by atoms with Gasteiger partial charge < -0.3 is 20.1 Å². The van der Waals surface area contributed by atoms with Gasteiger partial charge in [-0.3, -0.25) is 0 Å². The smallest absolute Gasteiger partial charge is 0.315 e. The first-order chi connectivity index (χ1) is 11.2. The highest BCUT2D eigenvalue weighted by Gasteiger charge is 2.13. The van der Waals surface area contributed by atoms with Crippen LogP contribution in [0.25, 0.3) is 0 Å². The molecule has 23 heavy (non-hydrogen) atoms. The Labute approximate surface area is 133 Å². The molecule has 0 spiro atoms. The molecule has 0 aromatic heterocycles. The molecule has 0 saturated carbocycles. The third-order valence-electron chi connectivity index (χ3n) is 3.43. The van der Waals surface area contributed by atoms with E-state index in [0.29, 0.717) is 24.4 Å². The highest BCUT2D eigenvalue weighted by Crippen LogP contribution is 2.32. The molecule has 1 aliphatic heterocycles. The SMILES string of the molecule is N#Cc1ccc(CNC(=O)NCc2ccc3c(c2)OCO3)cc1. The van der Waals surface area contributed by atoms with E-state index in [4.69, 9.17) is 14.7 Å². The van der Waals surface area contributed by atoms with E-state index in [1.807, 2.05) is 30.3 Å². The number of hydrogen-bond acceptors (Lipinski definition) is 4. The van der Waals surface area contributed by atoms with Crippen LogP contribution in [0.15, 0.2) is 42.5 Å². The Hall–Kier alpha value is -3.20. The van der Waals surface area contributed by atoms with Crippen LogP contribution in [0.1, 0.15) is 16.7 Å². The van der Waals surface area contributed by atoms with Crippen molar-refractivity contribution in [1.82, 2.24) is 10.6 Å². The number of nitrogens with one attached hydrogen (secondary N) is 2. The molecule has 2 amide bonds. The minimum Gasteiger partial charge on any atom is -0.454 e. The number of carbonyl (C=O) groups excluding carboxylic acids is 1. The highest BCUT2D eigenvalue weighted by molar-refractivity contribution is 5.73. The quantitative estimate of drug-likeness (QED) is 0.907. The zero-order valence-electron chi connectivity index (χ0n) is 12.3. The van der Waals surface area contributed by atoms with Crippen molar-refractivity contribution in [1.29, 1.82) is 5.26 Å². The van der Waals surface area contributed by atoms with Crippen LogP contribution >= 0.6 is 0 Å². The molecule has 1 heterocycles. The normalized spacial score (nSPS) is 11.6. The van der Waals surface area contributed by atoms with Gasteiger partial charge in [-0.1, -0.05) is 18.2 Å². The molecule has 0 radical (unpaired) electrons. The third kappa shape index (κ3) is 3.71. The summed E-state index contributed by atoms with van der Waals surface area (Å²) >= 11 is 0. The number of hydrogen-bond donors (Lipinski definition) is 2. The zero-order chi connectivity index (χ0) is 16.1. The number of nitrogens with zero attached hydrogens (tertiary/aromatic N) is 1. The van der Waals surface area contributed by atoms with Gasteiger partial charge in [0.2, 0.25) is 6.79 Å². The van der Waals surface area contributed by atoms with Crippen molar-refractivity contribution in [3.63, 3.8) is 0 Å². The Morgan fingerprint density at radius 3 is 2.39 bits per heavy atom. The number of nitriles is 1. The highest BCUT2D eigenvalue weighted by atomic mass is 16.7. The maximum atomic E-state index is 11.8. The van der Waals surface area contributed by atoms with Crippen molar-refractivity contribution in [3.8, 4) is 17.6 Å². The van der Waals surface area contributed by atoms with Crippen molar-refractivity contribution in [2.75, 3.05) is 6.79 Å². The predicted octanol–water partition coefficient (Wildman–Crippen LogP) is 2.29. The number of benzene rings is 2. The van der Waals surface area contributed by atoms with Crippen LogP contribution in [0.4, 0.5) is 4.79 Å². The van der Waals surface area contributed by atoms with E-state index in [1.165, 1.54) is 0 Å². The molecule has 1 aliphatic rings. The van der Waals surface area contributed by atoms with Crippen LogP contribution < -0.4 is 20.1 Å². The summed E-state index contributed by atoms with van der Waals surface area (Å²) in [5.74, 6) is 1.42. The number of urea groups is 1. The number of fused-ring (bicyclic) bond motifs is 1. The van der Waals surface area contributed by atoms with E-state index in [-0.39, 0.29) is 12.8 Å². The van der Waals surface area contributed by atoms with Gasteiger partial charge in [-0.25, -0.2) is 4.79 Å². The van der Waals surface area contributed by atoms with Crippen molar-refractivity contribution < 1.29 is 14.3 Å². The Bertz CT molecular complexity index is 751. The molecule has 3 rings (SSSR count). The molecule has 2 aromatic carbocycles. The van der Waals surface area contributed by atoms with E-state index in [1.54, 1.807) is 12.1 Å². The van der Waals surface area contributed by atoms with Gasteiger partial charge in [0.1, 0.15) is 0 Å². The van der Waals surface area contributed by atoms with Crippen LogP contribution in [0.2, 0.25) is 0 Å². The number of rotatable bonds is 4. The Morgan fingerprint density at radius 2 is 1.65 bits per heavy atom. The third-order valence-corrected chi connectivity index (χ3v) is 3.43. The van der Waals surface area contributed by atoms with Crippen LogP contribution in [-0.2, 0) is 13.1 Å². The number of carbonyl (C=O) groups is 1. The summed E-state index contributed by atoms with van der Waals surface area (Å²) in [6, 6.07) is 14.4. The second kappa shape index (κ2) is 6.71. The predicted molar refractivity (Wildman–Crippen MR) is 82.8 cm³/mol. The first-order valence-electron chi connectivity index (χ1n) is 7.14. The van der Waals surface area contributed by atoms with Crippen molar-refractivity contribution in [2.24, 2.45) is 0 Å². The summed E-state index contributed by atoms with van der Waals surface area (Å²) in [5, 5.41) is 14.3. The summed E-state index contributed by atoms with van der Waals surface area (Å²) < 4.78 is 10.5. The van der Waals surface area contributed by atoms with Crippen molar-refractivity contribution >= 4 is 6.03 Å². The van der Waals surface area contributed by atoms with Gasteiger partial charge in [0.25, 0.3) is 0 Å². The van der Waals surface area contributed by atoms with Crippen molar-refractivity contribution in [3.05, 3.63) is 59.2 Å². The summed E-state index contributed by atoms with van der Waals surface area (Å²) in [6.45, 7) is 1.03. The average molecular weight is 309 g/mol. The lowest BCUT2D eigenvalue weighted by atomic mass is 10.1. The van der Waals surface area contributed by atoms with E-state index in [2.05, 4.69) is 16.7 Å². The molecule has 0 saturated heterocycles. The standard InChI is InChI=1S/C17H15N3O3/c18-8-12-1-3-13(4-2-12)9-19-17(21)20-10-14-5-6-15-16(7-14)23-11-22-15/h1-7H,9-11H2,(H2,19,20,21). The topological polar surface area (TPSA) is 83.4 Å². The molecular formula is C17H15N3O3. The molecule has 2 N–H and O–H groups in total. The average Bonchev–Trinajstić information content (AvgIpc) is 3.06. The largest absolute Gasteiger partial charge is 0.454 e. The summed E-state index contributed by atoms with van der Waals surface area (Å²) in [6.07, 6.45) is 0. The summed E-state index contributed by atoms with van der Waals surface area (Å²) in [7, 11) is 0. The second-order valence-corrected chi connectivity index (χ2v) is 5.03. The fraction of sp³-hybridized carbons (Fsp3) is 0.176. The van der Waals surface area contributed by atoms with Gasteiger partial charge >= 0.3 is 6.03 Å². The first kappa shape index (κ1) is 14.7. The van der Waals surface area contributed by atoms with Crippen LogP contribution in [0.5, 0.6) is 11.5 Å². The summed E-state index contributed by atoms with van der Waals surface area (Å²) in [4.78, 5) is 11.8. The van der Waals surface area contributed by atoms with Crippen LogP contribution in [0.3, 0.4) is 0 Å². The summed E-state index contributed by atoms with van der Waals surface area (Å²) in [5.41, 5.74) is 2.46. The van der Waals surface area contributed by atoms with E-state index >= 15 is 0 Å². The number of ether oxygens (including phenoxy) is 2. The van der Waals surface area contributed by atoms with Gasteiger partial charge in [0.05, 0.1) is 11.6 Å². The van der Waals surface area contributed by atoms with Crippen LogP contribution in [0, 0.1) is 11.3 Å². The Balaban J connectivity index is 1.47. The molecule has 6 nitrogen and oxygen atoms in total. The maximum Gasteiger partial charge on any atom is 0.315 e. The molecule has 0 fully saturated rings. The lowest BCUT2D eigenvalue weighted by Gasteiger charge is -2.08. The molecule has 0 unspecified atom stereocenters. The second-order valence-electron chi connectivity index (χ2n) is 5.03. The molecule has 2 aromatic rings. The van der Waals surface area contributed by atoms with Gasteiger partial charge in [0, 0.05) is 13.1 Å². The minimum absolute atomic E-state index is 0.233. The fourth-order valence-electron chi connectivity index (χ4n) is 2.18. The Kier molecular flexibility index (Phi) is 4.29. The molecule has 116 valence electrons. The molecule has 0 bridgehead atoms. The van der Waals surface area contributed by atoms with Crippen LogP contribution in [-0.4, -0.2) is 12.8 Å². The van der Waals surface area contributed by atoms with Gasteiger partial charge in [-0.15, -0.1) is 0 Å². The van der Waals surface area contributed by atoms with Gasteiger partial charge in [-0.05, 0) is 35.4 Å². The van der Waals surface area contributed by atoms with E-state index < -0.39 is 0 Å².